The van der Waals surface area contributed by atoms with Crippen molar-refractivity contribution in [3.63, 3.8) is 0 Å². The molecule has 0 amide bonds. The largest absolute Gasteiger partial charge is 0.462 e. The Morgan fingerprint density at radius 2 is 1.83 bits per heavy atom. The normalized spacial score (nSPS) is 16.6. The highest BCUT2D eigenvalue weighted by Crippen LogP contribution is 2.32. The van der Waals surface area contributed by atoms with E-state index < -0.39 is 0 Å². The van der Waals surface area contributed by atoms with Gasteiger partial charge in [-0.1, -0.05) is 74.0 Å². The molecule has 0 spiro atoms. The highest BCUT2D eigenvalue weighted by atomic mass is 16.5. The molecular formula is C36H40N6O4. The van der Waals surface area contributed by atoms with E-state index in [0.717, 1.165) is 59.1 Å². The van der Waals surface area contributed by atoms with Crippen LogP contribution in [0.3, 0.4) is 0 Å². The van der Waals surface area contributed by atoms with Gasteiger partial charge in [-0.05, 0) is 72.7 Å². The smallest absolute Gasteiger partial charge is 0.338 e. The molecule has 46 heavy (non-hydrogen) atoms. The van der Waals surface area contributed by atoms with Crippen LogP contribution >= 0.6 is 0 Å². The minimum Gasteiger partial charge on any atom is -0.462 e. The summed E-state index contributed by atoms with van der Waals surface area (Å²) in [5.74, 6) is 0.215. The van der Waals surface area contributed by atoms with Crippen LogP contribution in [0.2, 0.25) is 0 Å². The molecule has 10 nitrogen and oxygen atoms in total. The lowest BCUT2D eigenvalue weighted by Gasteiger charge is -2.32. The Morgan fingerprint density at radius 3 is 2.57 bits per heavy atom. The quantitative estimate of drug-likeness (QED) is 0.154. The van der Waals surface area contributed by atoms with E-state index in [9.17, 15) is 9.59 Å². The zero-order valence-electron chi connectivity index (χ0n) is 26.6. The van der Waals surface area contributed by atoms with Gasteiger partial charge in [0.05, 0.1) is 30.9 Å². The van der Waals surface area contributed by atoms with Gasteiger partial charge in [-0.25, -0.2) is 9.48 Å². The molecule has 2 aromatic heterocycles. The van der Waals surface area contributed by atoms with Crippen LogP contribution in [0.25, 0.3) is 22.5 Å². The SMILES string of the molecule is CCCC(OCC1CCC(C)n2cc(Cc3ccc(-c4ccccc4-c4nn[nH]n4)cc3)c(=O)n21)c1cccc(C(=O)OCC)c1. The molecule has 10 heteroatoms. The summed E-state index contributed by atoms with van der Waals surface area (Å²) >= 11 is 0. The first kappa shape index (κ1) is 31.2. The first-order valence-electron chi connectivity index (χ1n) is 16.1. The number of hydrogen-bond donors (Lipinski definition) is 1. The number of carbonyl (C=O) groups is 1. The Morgan fingerprint density at radius 1 is 1.02 bits per heavy atom. The van der Waals surface area contributed by atoms with Crippen LogP contribution in [0.1, 0.15) is 91.7 Å². The van der Waals surface area contributed by atoms with Crippen molar-refractivity contribution in [1.29, 1.82) is 0 Å². The zero-order chi connectivity index (χ0) is 32.0. The van der Waals surface area contributed by atoms with Crippen LogP contribution in [0.5, 0.6) is 0 Å². The number of aromatic nitrogens is 6. The zero-order valence-corrected chi connectivity index (χ0v) is 26.6. The highest BCUT2D eigenvalue weighted by Gasteiger charge is 2.28. The van der Waals surface area contributed by atoms with Crippen LogP contribution in [0.4, 0.5) is 0 Å². The number of esters is 1. The Balaban J connectivity index is 1.19. The van der Waals surface area contributed by atoms with E-state index in [1.807, 2.05) is 53.3 Å². The van der Waals surface area contributed by atoms with E-state index in [4.69, 9.17) is 9.47 Å². The lowest BCUT2D eigenvalue weighted by molar-refractivity contribution is 0.00942. The molecule has 3 atom stereocenters. The molecule has 1 aliphatic heterocycles. The standard InChI is InChI=1S/C36H40N6O4/c1-4-9-33(27-10-8-11-28(21-27)36(44)45-5-2)46-23-30-19-14-24(3)41-22-29(35(43)42(30)41)20-25-15-17-26(18-16-25)31-12-6-7-13-32(31)34-37-39-40-38-34/h6-8,10-13,15-18,21-22,24,30,33H,4-5,9,14,19-20,23H2,1-3H3,(H,37,38,39,40). The number of hydrogen-bond acceptors (Lipinski definition) is 7. The summed E-state index contributed by atoms with van der Waals surface area (Å²) < 4.78 is 15.7. The van der Waals surface area contributed by atoms with Gasteiger partial charge in [0.25, 0.3) is 5.56 Å². The summed E-state index contributed by atoms with van der Waals surface area (Å²) in [4.78, 5) is 26.2. The van der Waals surface area contributed by atoms with Gasteiger partial charge in [0, 0.05) is 29.8 Å². The number of carbonyl (C=O) groups excluding carboxylic acids is 1. The number of nitrogens with zero attached hydrogens (tertiary/aromatic N) is 5. The first-order valence-corrected chi connectivity index (χ1v) is 16.1. The van der Waals surface area contributed by atoms with Gasteiger partial charge in [-0.3, -0.25) is 9.48 Å². The molecule has 1 N–H and O–H groups in total. The summed E-state index contributed by atoms with van der Waals surface area (Å²) in [6.07, 6.45) is 5.95. The molecule has 3 unspecified atom stereocenters. The van der Waals surface area contributed by atoms with Crippen LogP contribution < -0.4 is 5.56 Å². The maximum absolute atomic E-state index is 13.9. The van der Waals surface area contributed by atoms with Crippen LogP contribution in [-0.2, 0) is 15.9 Å². The van der Waals surface area contributed by atoms with Gasteiger partial charge in [-0.2, -0.15) is 5.21 Å². The third-order valence-corrected chi connectivity index (χ3v) is 8.72. The first-order chi connectivity index (χ1) is 22.5. The van der Waals surface area contributed by atoms with Crippen molar-refractivity contribution in [2.24, 2.45) is 0 Å². The molecule has 6 rings (SSSR count). The minimum atomic E-state index is -0.332. The summed E-state index contributed by atoms with van der Waals surface area (Å²) in [5.41, 5.74) is 6.29. The predicted molar refractivity (Wildman–Crippen MR) is 176 cm³/mol. The average Bonchev–Trinajstić information content (AvgIpc) is 3.74. The van der Waals surface area contributed by atoms with Gasteiger partial charge in [0.1, 0.15) is 0 Å². The summed E-state index contributed by atoms with van der Waals surface area (Å²) in [6.45, 7) is 6.83. The van der Waals surface area contributed by atoms with E-state index in [2.05, 4.69) is 63.4 Å². The fourth-order valence-corrected chi connectivity index (χ4v) is 6.33. The molecule has 0 radical (unpaired) electrons. The minimum absolute atomic E-state index is 0.0306. The van der Waals surface area contributed by atoms with Crippen LogP contribution in [-0.4, -0.2) is 49.2 Å². The number of tetrazole rings is 1. The number of nitrogens with one attached hydrogen (secondary N) is 1. The lowest BCUT2D eigenvalue weighted by Crippen LogP contribution is -2.36. The van der Waals surface area contributed by atoms with Crippen molar-refractivity contribution >= 4 is 5.97 Å². The van der Waals surface area contributed by atoms with Gasteiger partial charge < -0.3 is 9.47 Å². The maximum atomic E-state index is 13.9. The van der Waals surface area contributed by atoms with Crippen molar-refractivity contribution in [3.05, 3.63) is 112 Å². The molecule has 1 aliphatic rings. The van der Waals surface area contributed by atoms with Crippen LogP contribution in [0.15, 0.2) is 83.8 Å². The Bertz CT molecular complexity index is 1830. The van der Waals surface area contributed by atoms with Gasteiger partial charge in [0.15, 0.2) is 0 Å². The van der Waals surface area contributed by atoms with Crippen molar-refractivity contribution < 1.29 is 14.3 Å². The third-order valence-electron chi connectivity index (χ3n) is 8.72. The highest BCUT2D eigenvalue weighted by molar-refractivity contribution is 5.89. The number of benzene rings is 3. The molecule has 238 valence electrons. The molecule has 0 aliphatic carbocycles. The molecule has 3 heterocycles. The monoisotopic (exact) mass is 620 g/mol. The van der Waals surface area contributed by atoms with Crippen molar-refractivity contribution in [3.8, 4) is 22.5 Å². The fraction of sp³-hybridized carbons (Fsp3) is 0.361. The fourth-order valence-electron chi connectivity index (χ4n) is 6.33. The molecule has 0 saturated heterocycles. The summed E-state index contributed by atoms with van der Waals surface area (Å²) in [6, 6.07) is 23.9. The Kier molecular flexibility index (Phi) is 9.54. The molecule has 3 aromatic carbocycles. The van der Waals surface area contributed by atoms with Crippen LogP contribution in [0, 0.1) is 0 Å². The van der Waals surface area contributed by atoms with Crippen molar-refractivity contribution in [2.45, 2.75) is 71.1 Å². The summed E-state index contributed by atoms with van der Waals surface area (Å²) in [7, 11) is 0. The number of fused-ring (bicyclic) bond motifs is 1. The molecule has 5 aromatic rings. The van der Waals surface area contributed by atoms with Crippen molar-refractivity contribution in [1.82, 2.24) is 30.0 Å². The van der Waals surface area contributed by atoms with E-state index >= 15 is 0 Å². The van der Waals surface area contributed by atoms with E-state index in [0.29, 0.717) is 31.0 Å². The topological polar surface area (TPSA) is 117 Å². The second-order valence-electron chi connectivity index (χ2n) is 11.9. The van der Waals surface area contributed by atoms with Gasteiger partial charge >= 0.3 is 5.97 Å². The van der Waals surface area contributed by atoms with Crippen molar-refractivity contribution in [2.75, 3.05) is 13.2 Å². The maximum Gasteiger partial charge on any atom is 0.338 e. The number of H-pyrrole nitrogens is 1. The number of ether oxygens (including phenoxy) is 2. The van der Waals surface area contributed by atoms with Gasteiger partial charge in [0.2, 0.25) is 5.82 Å². The number of rotatable bonds is 12. The van der Waals surface area contributed by atoms with E-state index in [1.54, 1.807) is 13.0 Å². The Labute approximate surface area is 268 Å². The molecule has 0 fully saturated rings. The lowest BCUT2D eigenvalue weighted by atomic mass is 9.97. The summed E-state index contributed by atoms with van der Waals surface area (Å²) in [5, 5.41) is 14.5. The predicted octanol–water partition coefficient (Wildman–Crippen LogP) is 6.72. The molecule has 0 saturated carbocycles. The van der Waals surface area contributed by atoms with E-state index in [1.165, 1.54) is 0 Å². The number of aromatic amines is 1. The second-order valence-corrected chi connectivity index (χ2v) is 11.9. The molecular weight excluding hydrogens is 580 g/mol. The second kappa shape index (κ2) is 14.1. The third kappa shape index (κ3) is 6.57. The molecule has 0 bridgehead atoms. The Hall–Kier alpha value is -4.83. The van der Waals surface area contributed by atoms with E-state index in [-0.39, 0.29) is 29.7 Å². The van der Waals surface area contributed by atoms with Gasteiger partial charge in [-0.15, -0.1) is 10.2 Å². The average molecular weight is 621 g/mol.